The lowest BCUT2D eigenvalue weighted by molar-refractivity contribution is -0.115. The van der Waals surface area contributed by atoms with Crippen molar-refractivity contribution in [3.63, 3.8) is 0 Å². The number of rotatable bonds is 5. The van der Waals surface area contributed by atoms with Crippen LogP contribution in [0.2, 0.25) is 0 Å². The van der Waals surface area contributed by atoms with Gasteiger partial charge in [-0.1, -0.05) is 63.6 Å². The molecule has 28 heavy (non-hydrogen) atoms. The average Bonchev–Trinajstić information content (AvgIpc) is 3.13. The lowest BCUT2D eigenvalue weighted by Crippen LogP contribution is -2.14. The van der Waals surface area contributed by atoms with Crippen molar-refractivity contribution in [3.05, 3.63) is 83.2 Å². The van der Waals surface area contributed by atoms with Gasteiger partial charge in [0.15, 0.2) is 0 Å². The van der Waals surface area contributed by atoms with Gasteiger partial charge in [-0.05, 0) is 23.8 Å². The van der Waals surface area contributed by atoms with Crippen molar-refractivity contribution in [2.45, 2.75) is 6.42 Å². The number of aromatic nitrogens is 3. The Hall–Kier alpha value is -3.32. The number of anilines is 1. The topological polar surface area (TPSA) is 80.9 Å². The summed E-state index contributed by atoms with van der Waals surface area (Å²) < 4.78 is 6.41. The first-order valence-electron chi connectivity index (χ1n) is 8.56. The van der Waals surface area contributed by atoms with Crippen molar-refractivity contribution in [2.24, 2.45) is 0 Å². The summed E-state index contributed by atoms with van der Waals surface area (Å²) in [4.78, 5) is 20.8. The predicted octanol–water partition coefficient (Wildman–Crippen LogP) is 4.74. The quantitative estimate of drug-likeness (QED) is 0.490. The van der Waals surface area contributed by atoms with Crippen LogP contribution in [0.3, 0.4) is 0 Å². The molecule has 1 amide bonds. The van der Waals surface area contributed by atoms with E-state index in [1.54, 1.807) is 12.3 Å². The van der Waals surface area contributed by atoms with Crippen molar-refractivity contribution in [1.82, 2.24) is 15.1 Å². The third-order valence-electron chi connectivity index (χ3n) is 4.09. The number of nitrogens with one attached hydrogen (secondary N) is 1. The van der Waals surface area contributed by atoms with Gasteiger partial charge in [0, 0.05) is 16.2 Å². The van der Waals surface area contributed by atoms with E-state index in [9.17, 15) is 4.79 Å². The monoisotopic (exact) mass is 434 g/mol. The van der Waals surface area contributed by atoms with Crippen molar-refractivity contribution in [3.8, 4) is 22.5 Å². The van der Waals surface area contributed by atoms with E-state index in [2.05, 4.69) is 36.4 Å². The maximum atomic E-state index is 12.5. The van der Waals surface area contributed by atoms with E-state index in [4.69, 9.17) is 4.52 Å². The lowest BCUT2D eigenvalue weighted by atomic mass is 10.0. The van der Waals surface area contributed by atoms with Gasteiger partial charge in [-0.15, -0.1) is 0 Å². The summed E-state index contributed by atoms with van der Waals surface area (Å²) in [6.45, 7) is 0. The zero-order valence-electron chi connectivity index (χ0n) is 14.7. The molecular formula is C21H15BrN4O2. The third-order valence-corrected chi connectivity index (χ3v) is 4.58. The summed E-state index contributed by atoms with van der Waals surface area (Å²) in [6.07, 6.45) is 3.31. The van der Waals surface area contributed by atoms with Crippen LogP contribution in [0.4, 0.5) is 5.88 Å². The highest BCUT2D eigenvalue weighted by Crippen LogP contribution is 2.37. The largest absolute Gasteiger partial charge is 0.337 e. The molecule has 0 unspecified atom stereocenters. The van der Waals surface area contributed by atoms with Gasteiger partial charge < -0.3 is 4.52 Å². The first-order valence-corrected chi connectivity index (χ1v) is 9.36. The molecule has 0 spiro atoms. The van der Waals surface area contributed by atoms with Crippen LogP contribution in [0.15, 0.2) is 82.2 Å². The van der Waals surface area contributed by atoms with Gasteiger partial charge in [0.05, 0.1) is 17.7 Å². The van der Waals surface area contributed by atoms with Crippen LogP contribution in [-0.4, -0.2) is 21.0 Å². The Bertz CT molecular complexity index is 1100. The van der Waals surface area contributed by atoms with Crippen LogP contribution >= 0.6 is 15.9 Å². The van der Waals surface area contributed by atoms with Crippen LogP contribution in [0.25, 0.3) is 22.5 Å². The number of hydrogen-bond acceptors (Lipinski definition) is 5. The molecule has 4 rings (SSSR count). The highest BCUT2D eigenvalue weighted by molar-refractivity contribution is 9.10. The van der Waals surface area contributed by atoms with Crippen molar-refractivity contribution in [1.29, 1.82) is 0 Å². The number of halogens is 1. The Kier molecular flexibility index (Phi) is 5.25. The van der Waals surface area contributed by atoms with E-state index in [1.165, 1.54) is 6.33 Å². The van der Waals surface area contributed by atoms with E-state index < -0.39 is 0 Å². The molecule has 7 heteroatoms. The molecule has 2 aromatic carbocycles. The third kappa shape index (κ3) is 3.99. The molecule has 6 nitrogen and oxygen atoms in total. The molecule has 1 N–H and O–H groups in total. The first-order chi connectivity index (χ1) is 13.7. The van der Waals surface area contributed by atoms with Gasteiger partial charge in [-0.3, -0.25) is 10.1 Å². The van der Waals surface area contributed by atoms with Crippen LogP contribution in [0, 0.1) is 0 Å². The van der Waals surface area contributed by atoms with E-state index in [-0.39, 0.29) is 18.2 Å². The number of carbonyl (C=O) groups is 1. The molecule has 0 aliphatic rings. The Labute approximate surface area is 169 Å². The Morgan fingerprint density at radius 3 is 2.68 bits per heavy atom. The molecule has 0 bridgehead atoms. The van der Waals surface area contributed by atoms with E-state index >= 15 is 0 Å². The molecule has 0 radical (unpaired) electrons. The fraction of sp³-hybridized carbons (Fsp3) is 0.0476. The summed E-state index contributed by atoms with van der Waals surface area (Å²) in [5.41, 5.74) is 3.57. The lowest BCUT2D eigenvalue weighted by Gasteiger charge is -2.06. The van der Waals surface area contributed by atoms with E-state index in [0.717, 1.165) is 15.6 Å². The van der Waals surface area contributed by atoms with Crippen LogP contribution in [-0.2, 0) is 11.2 Å². The summed E-state index contributed by atoms with van der Waals surface area (Å²) >= 11 is 3.47. The average molecular weight is 435 g/mol. The molecule has 138 valence electrons. The fourth-order valence-corrected chi connectivity index (χ4v) is 3.24. The molecule has 0 fully saturated rings. The first kappa shape index (κ1) is 18.1. The molecule has 0 atom stereocenters. The van der Waals surface area contributed by atoms with Crippen LogP contribution in [0.1, 0.15) is 5.56 Å². The number of benzene rings is 2. The minimum absolute atomic E-state index is 0.196. The van der Waals surface area contributed by atoms with Gasteiger partial charge in [-0.25, -0.2) is 9.97 Å². The zero-order valence-corrected chi connectivity index (χ0v) is 16.3. The number of hydrogen-bond donors (Lipinski definition) is 1. The SMILES string of the molecule is O=C(Cc1ccccc1)Nc1onc(-c2cccc(Br)c2)c1-c1ccncn1. The standard InChI is InChI=1S/C21H15BrN4O2/c22-16-8-4-7-15(12-16)20-19(17-9-10-23-13-24-17)21(28-26-20)25-18(27)11-14-5-2-1-3-6-14/h1-10,12-13H,11H2,(H,25,27). The number of carbonyl (C=O) groups excluding carboxylic acids is 1. The second kappa shape index (κ2) is 8.14. The molecule has 0 aliphatic heterocycles. The fourth-order valence-electron chi connectivity index (χ4n) is 2.84. The normalized spacial score (nSPS) is 10.6. The highest BCUT2D eigenvalue weighted by Gasteiger charge is 2.22. The zero-order chi connectivity index (χ0) is 19.3. The number of amides is 1. The Balaban J connectivity index is 1.70. The van der Waals surface area contributed by atoms with Crippen molar-refractivity contribution in [2.75, 3.05) is 5.32 Å². The second-order valence-corrected chi connectivity index (χ2v) is 6.97. The van der Waals surface area contributed by atoms with Crippen molar-refractivity contribution >= 4 is 27.7 Å². The summed E-state index contributed by atoms with van der Waals surface area (Å²) in [5.74, 6) is 0.0630. The summed E-state index contributed by atoms with van der Waals surface area (Å²) in [7, 11) is 0. The maximum Gasteiger partial charge on any atom is 0.241 e. The second-order valence-electron chi connectivity index (χ2n) is 6.05. The molecular weight excluding hydrogens is 420 g/mol. The van der Waals surface area contributed by atoms with Gasteiger partial charge >= 0.3 is 0 Å². The van der Waals surface area contributed by atoms with E-state index in [1.807, 2.05) is 54.6 Å². The maximum absolute atomic E-state index is 12.5. The Morgan fingerprint density at radius 2 is 1.93 bits per heavy atom. The summed E-state index contributed by atoms with van der Waals surface area (Å²) in [6, 6.07) is 18.9. The van der Waals surface area contributed by atoms with Gasteiger partial charge in [0.2, 0.25) is 11.8 Å². The Morgan fingerprint density at radius 1 is 1.07 bits per heavy atom. The minimum Gasteiger partial charge on any atom is -0.337 e. The minimum atomic E-state index is -0.196. The smallest absolute Gasteiger partial charge is 0.241 e. The number of nitrogens with zero attached hydrogens (tertiary/aromatic N) is 3. The molecule has 0 saturated heterocycles. The predicted molar refractivity (Wildman–Crippen MR) is 109 cm³/mol. The molecule has 2 aromatic heterocycles. The van der Waals surface area contributed by atoms with Crippen molar-refractivity contribution < 1.29 is 9.32 Å². The van der Waals surface area contributed by atoms with Crippen LogP contribution < -0.4 is 5.32 Å². The summed E-state index contributed by atoms with van der Waals surface area (Å²) in [5, 5.41) is 7.02. The van der Waals surface area contributed by atoms with Crippen LogP contribution in [0.5, 0.6) is 0 Å². The molecule has 0 aliphatic carbocycles. The molecule has 2 heterocycles. The molecule has 0 saturated carbocycles. The van der Waals surface area contributed by atoms with Gasteiger partial charge in [0.1, 0.15) is 12.0 Å². The van der Waals surface area contributed by atoms with E-state index in [0.29, 0.717) is 17.0 Å². The molecule has 4 aromatic rings. The highest BCUT2D eigenvalue weighted by atomic mass is 79.9. The van der Waals surface area contributed by atoms with Gasteiger partial charge in [-0.2, -0.15) is 0 Å². The van der Waals surface area contributed by atoms with Gasteiger partial charge in [0.25, 0.3) is 0 Å².